The van der Waals surface area contributed by atoms with Gasteiger partial charge in [0.15, 0.2) is 0 Å². The molecule has 0 fully saturated rings. The molecule has 1 amide bonds. The van der Waals surface area contributed by atoms with Gasteiger partial charge in [0.2, 0.25) is 0 Å². The van der Waals surface area contributed by atoms with Crippen LogP contribution in [0.3, 0.4) is 0 Å². The second-order valence-electron chi connectivity index (χ2n) is 6.17. The quantitative estimate of drug-likeness (QED) is 0.923. The third-order valence-corrected chi connectivity index (χ3v) is 3.22. The maximum absolute atomic E-state index is 12.6. The number of imidazole rings is 1. The molecular formula is C17H23N3O2. The summed E-state index contributed by atoms with van der Waals surface area (Å²) in [4.78, 5) is 21.6. The van der Waals surface area contributed by atoms with Gasteiger partial charge in [-0.15, -0.1) is 0 Å². The van der Waals surface area contributed by atoms with E-state index in [9.17, 15) is 4.79 Å². The van der Waals surface area contributed by atoms with Crippen LogP contribution in [0.4, 0.5) is 0 Å². The molecule has 0 aliphatic rings. The highest BCUT2D eigenvalue weighted by Gasteiger charge is 2.18. The molecule has 0 saturated heterocycles. The van der Waals surface area contributed by atoms with Crippen molar-refractivity contribution in [3.63, 3.8) is 0 Å². The Balaban J connectivity index is 2.10. The van der Waals surface area contributed by atoms with Crippen molar-refractivity contribution >= 4 is 5.91 Å². The van der Waals surface area contributed by atoms with Crippen LogP contribution in [0, 0.1) is 0 Å². The fourth-order valence-electron chi connectivity index (χ4n) is 2.08. The number of amides is 1. The minimum Gasteiger partial charge on any atom is -0.374 e. The molecule has 0 unspecified atom stereocenters. The number of nitrogens with one attached hydrogen (secondary N) is 1. The van der Waals surface area contributed by atoms with E-state index in [4.69, 9.17) is 4.74 Å². The number of ether oxygens (including phenoxy) is 1. The van der Waals surface area contributed by atoms with Crippen LogP contribution in [0.15, 0.2) is 36.7 Å². The van der Waals surface area contributed by atoms with E-state index in [0.29, 0.717) is 24.5 Å². The molecule has 118 valence electrons. The van der Waals surface area contributed by atoms with E-state index in [-0.39, 0.29) is 11.5 Å². The summed E-state index contributed by atoms with van der Waals surface area (Å²) in [5.41, 5.74) is 1.24. The Hall–Kier alpha value is -2.14. The molecular weight excluding hydrogens is 278 g/mol. The first-order valence-electron chi connectivity index (χ1n) is 7.37. The van der Waals surface area contributed by atoms with E-state index in [2.05, 4.69) is 9.97 Å². The first-order chi connectivity index (χ1) is 10.4. The number of aromatic nitrogens is 2. The number of H-pyrrole nitrogens is 1. The van der Waals surface area contributed by atoms with Gasteiger partial charge in [-0.1, -0.05) is 18.2 Å². The molecule has 5 nitrogen and oxygen atoms in total. The molecule has 22 heavy (non-hydrogen) atoms. The van der Waals surface area contributed by atoms with E-state index in [1.165, 1.54) is 0 Å². The fraction of sp³-hybridized carbons (Fsp3) is 0.412. The molecule has 0 radical (unpaired) electrons. The Morgan fingerprint density at radius 3 is 2.68 bits per heavy atom. The average molecular weight is 301 g/mol. The fourth-order valence-corrected chi connectivity index (χ4v) is 2.08. The Morgan fingerprint density at radius 1 is 1.32 bits per heavy atom. The summed E-state index contributed by atoms with van der Waals surface area (Å²) in [7, 11) is 1.78. The highest BCUT2D eigenvalue weighted by Crippen LogP contribution is 2.21. The standard InChI is InChI=1S/C17H23N3O2/c1-17(2,3)22-12-11-20(4)16(21)14-8-6-5-7-13(14)15-18-9-10-19-15/h5-10H,11-12H2,1-4H3,(H,18,19). The lowest BCUT2D eigenvalue weighted by molar-refractivity contribution is -0.00973. The van der Waals surface area contributed by atoms with E-state index in [0.717, 1.165) is 5.56 Å². The lowest BCUT2D eigenvalue weighted by Crippen LogP contribution is -2.33. The third-order valence-electron chi connectivity index (χ3n) is 3.22. The maximum atomic E-state index is 12.6. The number of hydrogen-bond acceptors (Lipinski definition) is 3. The van der Waals surface area contributed by atoms with Crippen LogP contribution in [-0.4, -0.2) is 46.6 Å². The lowest BCUT2D eigenvalue weighted by atomic mass is 10.1. The molecule has 1 aromatic heterocycles. The van der Waals surface area contributed by atoms with Gasteiger partial charge in [-0.05, 0) is 26.8 Å². The normalized spacial score (nSPS) is 11.5. The maximum Gasteiger partial charge on any atom is 0.254 e. The molecule has 0 spiro atoms. The second-order valence-corrected chi connectivity index (χ2v) is 6.17. The smallest absolute Gasteiger partial charge is 0.254 e. The highest BCUT2D eigenvalue weighted by atomic mass is 16.5. The predicted molar refractivity (Wildman–Crippen MR) is 86.7 cm³/mol. The summed E-state index contributed by atoms with van der Waals surface area (Å²) in [6, 6.07) is 7.48. The summed E-state index contributed by atoms with van der Waals surface area (Å²) in [5.74, 6) is 0.660. The van der Waals surface area contributed by atoms with Gasteiger partial charge in [0.25, 0.3) is 5.91 Å². The summed E-state index contributed by atoms with van der Waals surface area (Å²) < 4.78 is 5.68. The Kier molecular flexibility index (Phi) is 4.98. The monoisotopic (exact) mass is 301 g/mol. The van der Waals surface area contributed by atoms with E-state index >= 15 is 0 Å². The van der Waals surface area contributed by atoms with Gasteiger partial charge in [0, 0.05) is 31.5 Å². The molecule has 1 N–H and O–H groups in total. The number of carbonyl (C=O) groups excluding carboxylic acids is 1. The Morgan fingerprint density at radius 2 is 2.05 bits per heavy atom. The molecule has 1 heterocycles. The number of aromatic amines is 1. The lowest BCUT2D eigenvalue weighted by Gasteiger charge is -2.23. The number of nitrogens with zero attached hydrogens (tertiary/aromatic N) is 2. The highest BCUT2D eigenvalue weighted by molar-refractivity contribution is 6.00. The van der Waals surface area contributed by atoms with Gasteiger partial charge in [0.1, 0.15) is 5.82 Å². The van der Waals surface area contributed by atoms with Crippen LogP contribution < -0.4 is 0 Å². The SMILES string of the molecule is CN(CCOC(C)(C)C)C(=O)c1ccccc1-c1ncc[nH]1. The van der Waals surface area contributed by atoms with Crippen LogP contribution in [-0.2, 0) is 4.74 Å². The molecule has 2 aromatic rings. The van der Waals surface area contributed by atoms with Crippen molar-refractivity contribution < 1.29 is 9.53 Å². The Labute approximate surface area is 131 Å². The zero-order valence-corrected chi connectivity index (χ0v) is 13.6. The van der Waals surface area contributed by atoms with Crippen LogP contribution >= 0.6 is 0 Å². The van der Waals surface area contributed by atoms with Crippen molar-refractivity contribution in [2.75, 3.05) is 20.2 Å². The summed E-state index contributed by atoms with van der Waals surface area (Å²) in [6.07, 6.45) is 3.43. The van der Waals surface area contributed by atoms with Crippen LogP contribution in [0.25, 0.3) is 11.4 Å². The number of rotatable bonds is 5. The van der Waals surface area contributed by atoms with E-state index in [1.54, 1.807) is 24.3 Å². The van der Waals surface area contributed by atoms with Gasteiger partial charge < -0.3 is 14.6 Å². The minimum absolute atomic E-state index is 0.0375. The molecule has 0 bridgehead atoms. The third kappa shape index (κ3) is 4.18. The Bertz CT molecular complexity index is 615. The zero-order valence-electron chi connectivity index (χ0n) is 13.6. The van der Waals surface area contributed by atoms with Crippen LogP contribution in [0.2, 0.25) is 0 Å². The zero-order chi connectivity index (χ0) is 16.2. The molecule has 1 aromatic carbocycles. The predicted octanol–water partition coefficient (Wildman–Crippen LogP) is 2.96. The molecule has 0 aliphatic carbocycles. The van der Waals surface area contributed by atoms with E-state index in [1.807, 2.05) is 45.0 Å². The van der Waals surface area contributed by atoms with Gasteiger partial charge in [-0.2, -0.15) is 0 Å². The topological polar surface area (TPSA) is 58.2 Å². The first kappa shape index (κ1) is 16.2. The van der Waals surface area contributed by atoms with Crippen molar-refractivity contribution in [2.45, 2.75) is 26.4 Å². The van der Waals surface area contributed by atoms with Gasteiger partial charge in [-0.3, -0.25) is 4.79 Å². The van der Waals surface area contributed by atoms with Crippen molar-refractivity contribution in [2.24, 2.45) is 0 Å². The van der Waals surface area contributed by atoms with Gasteiger partial charge >= 0.3 is 0 Å². The molecule has 0 aliphatic heterocycles. The second kappa shape index (κ2) is 6.75. The number of likely N-dealkylation sites (N-methyl/N-ethyl adjacent to an activating group) is 1. The van der Waals surface area contributed by atoms with E-state index < -0.39 is 0 Å². The molecule has 5 heteroatoms. The van der Waals surface area contributed by atoms with Crippen molar-refractivity contribution in [1.29, 1.82) is 0 Å². The van der Waals surface area contributed by atoms with Gasteiger partial charge in [-0.25, -0.2) is 4.98 Å². The summed E-state index contributed by atoms with van der Waals surface area (Å²) in [6.45, 7) is 7.06. The van der Waals surface area contributed by atoms with Gasteiger partial charge in [0.05, 0.1) is 17.8 Å². The van der Waals surface area contributed by atoms with Crippen LogP contribution in [0.5, 0.6) is 0 Å². The average Bonchev–Trinajstić information content (AvgIpc) is 2.99. The van der Waals surface area contributed by atoms with Crippen LogP contribution in [0.1, 0.15) is 31.1 Å². The minimum atomic E-state index is -0.198. The first-order valence-corrected chi connectivity index (χ1v) is 7.37. The van der Waals surface area contributed by atoms with Crippen molar-refractivity contribution in [3.8, 4) is 11.4 Å². The largest absolute Gasteiger partial charge is 0.374 e. The molecule has 0 atom stereocenters. The summed E-state index contributed by atoms with van der Waals surface area (Å²) >= 11 is 0. The number of hydrogen-bond donors (Lipinski definition) is 1. The molecule has 0 saturated carbocycles. The van der Waals surface area contributed by atoms with Crippen molar-refractivity contribution in [1.82, 2.24) is 14.9 Å². The number of carbonyl (C=O) groups is 1. The summed E-state index contributed by atoms with van der Waals surface area (Å²) in [5, 5.41) is 0. The number of benzene rings is 1. The molecule has 2 rings (SSSR count). The van der Waals surface area contributed by atoms with Crippen molar-refractivity contribution in [3.05, 3.63) is 42.2 Å².